The fourth-order valence-corrected chi connectivity index (χ4v) is 3.00. The normalized spacial score (nSPS) is 18.6. The Kier molecular flexibility index (Phi) is 4.51. The van der Waals surface area contributed by atoms with Crippen LogP contribution in [0.15, 0.2) is 18.5 Å². The lowest BCUT2D eigenvalue weighted by Crippen LogP contribution is -2.17. The van der Waals surface area contributed by atoms with Crippen LogP contribution in [-0.4, -0.2) is 10.8 Å². The van der Waals surface area contributed by atoms with E-state index >= 15 is 0 Å². The van der Waals surface area contributed by atoms with Crippen LogP contribution in [0.4, 0.5) is 0 Å². The van der Waals surface area contributed by atoms with Crippen LogP contribution >= 0.6 is 0 Å². The molecule has 1 atom stereocenters. The summed E-state index contributed by atoms with van der Waals surface area (Å²) in [5.74, 6) is 1.06. The topological polar surface area (TPSA) is 30.0 Å². The van der Waals surface area contributed by atoms with Gasteiger partial charge in [0, 0.05) is 24.7 Å². The average Bonchev–Trinajstić information content (AvgIpc) is 2.39. The van der Waals surface area contributed by atoms with Gasteiger partial charge in [0.25, 0.3) is 0 Å². The van der Waals surface area contributed by atoms with Crippen molar-refractivity contribution in [3.05, 3.63) is 29.6 Å². The van der Waals surface area contributed by atoms with Crippen LogP contribution in [-0.2, 0) is 4.79 Å². The Balaban J connectivity index is 1.98. The molecule has 0 N–H and O–H groups in total. The van der Waals surface area contributed by atoms with Gasteiger partial charge in [-0.2, -0.15) is 0 Å². The summed E-state index contributed by atoms with van der Waals surface area (Å²) < 4.78 is 0. The van der Waals surface area contributed by atoms with E-state index in [1.165, 1.54) is 32.1 Å². The molecule has 2 heteroatoms. The van der Waals surface area contributed by atoms with E-state index in [9.17, 15) is 4.79 Å². The first-order valence-corrected chi connectivity index (χ1v) is 7.11. The molecule has 0 saturated heterocycles. The molecule has 2 rings (SSSR count). The zero-order valence-electron chi connectivity index (χ0n) is 11.5. The molecule has 1 saturated carbocycles. The number of ketones is 1. The van der Waals surface area contributed by atoms with Crippen LogP contribution in [0.3, 0.4) is 0 Å². The van der Waals surface area contributed by atoms with E-state index in [2.05, 4.69) is 4.98 Å². The van der Waals surface area contributed by atoms with E-state index in [-0.39, 0.29) is 5.92 Å². The summed E-state index contributed by atoms with van der Waals surface area (Å²) in [6, 6.07) is 1.98. The smallest absolute Gasteiger partial charge is 0.140 e. The van der Waals surface area contributed by atoms with Gasteiger partial charge in [0.2, 0.25) is 0 Å². The second-order valence-electron chi connectivity index (χ2n) is 5.63. The second kappa shape index (κ2) is 6.12. The molecule has 0 aromatic carbocycles. The molecule has 0 aliphatic heterocycles. The Bertz CT molecular complexity index is 407. The average molecular weight is 245 g/mol. The van der Waals surface area contributed by atoms with Crippen molar-refractivity contribution in [3.8, 4) is 0 Å². The molecule has 2 nitrogen and oxygen atoms in total. The summed E-state index contributed by atoms with van der Waals surface area (Å²) in [6.45, 7) is 4.07. The second-order valence-corrected chi connectivity index (χ2v) is 5.63. The van der Waals surface area contributed by atoms with Crippen molar-refractivity contribution in [2.24, 2.45) is 5.92 Å². The Morgan fingerprint density at radius 1 is 1.39 bits per heavy atom. The summed E-state index contributed by atoms with van der Waals surface area (Å²) in [7, 11) is 0. The van der Waals surface area contributed by atoms with Crippen LogP contribution in [0.2, 0.25) is 0 Å². The molecule has 1 unspecified atom stereocenters. The molecule has 18 heavy (non-hydrogen) atoms. The predicted molar refractivity (Wildman–Crippen MR) is 73.6 cm³/mol. The van der Waals surface area contributed by atoms with Gasteiger partial charge in [-0.25, -0.2) is 0 Å². The number of hydrogen-bond donors (Lipinski definition) is 0. The standard InChI is InChI=1S/C16H23NO/c1-12-11-17-9-8-15(12)13(2)16(18)10-14-6-4-3-5-7-14/h8-9,11,13-14H,3-7,10H2,1-2H3. The third kappa shape index (κ3) is 3.18. The van der Waals surface area contributed by atoms with Gasteiger partial charge < -0.3 is 0 Å². The van der Waals surface area contributed by atoms with Crippen molar-refractivity contribution in [3.63, 3.8) is 0 Å². The quantitative estimate of drug-likeness (QED) is 0.801. The monoisotopic (exact) mass is 245 g/mol. The van der Waals surface area contributed by atoms with Gasteiger partial charge in [-0.3, -0.25) is 9.78 Å². The van der Waals surface area contributed by atoms with Gasteiger partial charge in [0.1, 0.15) is 5.78 Å². The fourth-order valence-electron chi connectivity index (χ4n) is 3.00. The molecule has 1 aromatic rings. The van der Waals surface area contributed by atoms with Gasteiger partial charge in [-0.15, -0.1) is 0 Å². The first kappa shape index (κ1) is 13.3. The van der Waals surface area contributed by atoms with Crippen LogP contribution in [0.1, 0.15) is 62.5 Å². The minimum absolute atomic E-state index is 0.0231. The van der Waals surface area contributed by atoms with Gasteiger partial charge in [-0.1, -0.05) is 39.0 Å². The first-order chi connectivity index (χ1) is 8.68. The highest BCUT2D eigenvalue weighted by Crippen LogP contribution is 2.29. The molecule has 0 bridgehead atoms. The van der Waals surface area contributed by atoms with Gasteiger partial charge in [-0.05, 0) is 30.0 Å². The highest BCUT2D eigenvalue weighted by molar-refractivity contribution is 5.85. The third-order valence-corrected chi connectivity index (χ3v) is 4.23. The summed E-state index contributed by atoms with van der Waals surface area (Å²) >= 11 is 0. The van der Waals surface area contributed by atoms with Gasteiger partial charge in [0.05, 0.1) is 0 Å². The molecular formula is C16H23NO. The number of Topliss-reactive ketones (excluding diaryl/α,β-unsaturated/α-hetero) is 1. The predicted octanol–water partition coefficient (Wildman–Crippen LogP) is 4.03. The maximum atomic E-state index is 12.3. The Labute approximate surface area is 110 Å². The SMILES string of the molecule is Cc1cnccc1C(C)C(=O)CC1CCCCC1. The van der Waals surface area contributed by atoms with E-state index in [0.717, 1.165) is 17.5 Å². The highest BCUT2D eigenvalue weighted by atomic mass is 16.1. The summed E-state index contributed by atoms with van der Waals surface area (Å²) in [5, 5.41) is 0. The van der Waals surface area contributed by atoms with E-state index in [0.29, 0.717) is 11.7 Å². The molecule has 1 heterocycles. The van der Waals surface area contributed by atoms with Crippen molar-refractivity contribution in [2.45, 2.75) is 58.3 Å². The number of aryl methyl sites for hydroxylation is 1. The van der Waals surface area contributed by atoms with E-state index in [4.69, 9.17) is 0 Å². The largest absolute Gasteiger partial charge is 0.299 e. The molecule has 1 aliphatic carbocycles. The zero-order chi connectivity index (χ0) is 13.0. The molecule has 0 spiro atoms. The summed E-state index contributed by atoms with van der Waals surface area (Å²) in [4.78, 5) is 16.4. The first-order valence-electron chi connectivity index (χ1n) is 7.11. The molecule has 1 aliphatic rings. The Morgan fingerprint density at radius 3 is 2.78 bits per heavy atom. The summed E-state index contributed by atoms with van der Waals surface area (Å²) in [5.41, 5.74) is 2.27. The van der Waals surface area contributed by atoms with Crippen molar-refractivity contribution in [1.29, 1.82) is 0 Å². The maximum absolute atomic E-state index is 12.3. The minimum Gasteiger partial charge on any atom is -0.299 e. The lowest BCUT2D eigenvalue weighted by molar-refractivity contribution is -0.121. The number of aromatic nitrogens is 1. The summed E-state index contributed by atoms with van der Waals surface area (Å²) in [6.07, 6.45) is 10.8. The van der Waals surface area contributed by atoms with Crippen LogP contribution in [0, 0.1) is 12.8 Å². The van der Waals surface area contributed by atoms with E-state index < -0.39 is 0 Å². The minimum atomic E-state index is 0.0231. The fraction of sp³-hybridized carbons (Fsp3) is 0.625. The molecule has 0 amide bonds. The Morgan fingerprint density at radius 2 is 2.11 bits per heavy atom. The van der Waals surface area contributed by atoms with Crippen molar-refractivity contribution < 1.29 is 4.79 Å². The molecule has 0 radical (unpaired) electrons. The van der Waals surface area contributed by atoms with Gasteiger partial charge >= 0.3 is 0 Å². The lowest BCUT2D eigenvalue weighted by Gasteiger charge is -2.22. The number of rotatable bonds is 4. The van der Waals surface area contributed by atoms with E-state index in [1.807, 2.05) is 26.1 Å². The number of pyridine rings is 1. The maximum Gasteiger partial charge on any atom is 0.140 e. The molecule has 98 valence electrons. The highest BCUT2D eigenvalue weighted by Gasteiger charge is 2.22. The number of nitrogens with zero attached hydrogens (tertiary/aromatic N) is 1. The number of hydrogen-bond acceptors (Lipinski definition) is 2. The third-order valence-electron chi connectivity index (χ3n) is 4.23. The zero-order valence-corrected chi connectivity index (χ0v) is 11.5. The number of carbonyl (C=O) groups excluding carboxylic acids is 1. The van der Waals surface area contributed by atoms with Crippen LogP contribution < -0.4 is 0 Å². The van der Waals surface area contributed by atoms with Crippen molar-refractivity contribution >= 4 is 5.78 Å². The number of carbonyl (C=O) groups is 1. The Hall–Kier alpha value is -1.18. The molecule has 1 aromatic heterocycles. The van der Waals surface area contributed by atoms with Gasteiger partial charge in [0.15, 0.2) is 0 Å². The van der Waals surface area contributed by atoms with Crippen molar-refractivity contribution in [1.82, 2.24) is 4.98 Å². The lowest BCUT2D eigenvalue weighted by atomic mass is 9.82. The van der Waals surface area contributed by atoms with E-state index in [1.54, 1.807) is 6.20 Å². The molecule has 1 fully saturated rings. The molecular weight excluding hydrogens is 222 g/mol. The van der Waals surface area contributed by atoms with Crippen LogP contribution in [0.5, 0.6) is 0 Å². The van der Waals surface area contributed by atoms with Crippen molar-refractivity contribution in [2.75, 3.05) is 0 Å². The van der Waals surface area contributed by atoms with Crippen LogP contribution in [0.25, 0.3) is 0 Å².